The Balaban J connectivity index is 1.37. The van der Waals surface area contributed by atoms with Gasteiger partial charge in [-0.05, 0) is 112 Å². The van der Waals surface area contributed by atoms with Crippen molar-refractivity contribution in [3.8, 4) is 11.3 Å². The van der Waals surface area contributed by atoms with E-state index in [9.17, 15) is 8.78 Å². The van der Waals surface area contributed by atoms with Crippen LogP contribution in [0.5, 0.6) is 0 Å². The second-order valence-electron chi connectivity index (χ2n) is 12.2. The molecule has 0 unspecified atom stereocenters. The van der Waals surface area contributed by atoms with Gasteiger partial charge in [-0.1, -0.05) is 48.0 Å². The maximum Gasteiger partial charge on any atom is 0.123 e. The zero-order valence-electron chi connectivity index (χ0n) is 24.1. The third kappa shape index (κ3) is 7.24. The lowest BCUT2D eigenvalue weighted by atomic mass is 9.81. The number of aryl methyl sites for hydroxylation is 1. The monoisotopic (exact) mass is 576 g/mol. The average molecular weight is 577 g/mol. The molecule has 0 bridgehead atoms. The van der Waals surface area contributed by atoms with Gasteiger partial charge in [-0.15, -0.1) is 0 Å². The number of halogens is 3. The van der Waals surface area contributed by atoms with Gasteiger partial charge in [0.05, 0.1) is 16.9 Å². The second-order valence-corrected chi connectivity index (χ2v) is 12.6. The van der Waals surface area contributed by atoms with E-state index in [4.69, 9.17) is 16.7 Å². The van der Waals surface area contributed by atoms with E-state index in [0.29, 0.717) is 0 Å². The lowest BCUT2D eigenvalue weighted by molar-refractivity contribution is 0.0580. The number of benzene rings is 3. The average Bonchev–Trinajstić information content (AvgIpc) is 3.38. The fourth-order valence-corrected chi connectivity index (χ4v) is 6.08. The van der Waals surface area contributed by atoms with E-state index in [2.05, 4.69) is 41.7 Å². The van der Waals surface area contributed by atoms with Gasteiger partial charge in [-0.3, -0.25) is 9.58 Å². The molecule has 4 nitrogen and oxygen atoms in total. The molecule has 0 saturated carbocycles. The van der Waals surface area contributed by atoms with Gasteiger partial charge in [-0.25, -0.2) is 8.78 Å². The quantitative estimate of drug-likeness (QED) is 0.227. The summed E-state index contributed by atoms with van der Waals surface area (Å²) in [6.07, 6.45) is 3.36. The molecule has 0 radical (unpaired) electrons. The number of rotatable bonds is 9. The Labute approximate surface area is 247 Å². The van der Waals surface area contributed by atoms with Crippen LogP contribution in [0.15, 0.2) is 78.9 Å². The summed E-state index contributed by atoms with van der Waals surface area (Å²) in [5.74, 6) is -0.458. The molecule has 216 valence electrons. The van der Waals surface area contributed by atoms with Crippen LogP contribution in [0, 0.1) is 11.6 Å². The second kappa shape index (κ2) is 12.4. The highest BCUT2D eigenvalue weighted by Gasteiger charge is 2.39. The Morgan fingerprint density at radius 2 is 1.46 bits per heavy atom. The molecule has 2 heterocycles. The Hall–Kier alpha value is -3.06. The van der Waals surface area contributed by atoms with Gasteiger partial charge >= 0.3 is 0 Å². The van der Waals surface area contributed by atoms with Gasteiger partial charge in [0.15, 0.2) is 0 Å². The van der Waals surface area contributed by atoms with Crippen LogP contribution < -0.4 is 5.32 Å². The van der Waals surface area contributed by atoms with Crippen molar-refractivity contribution in [2.45, 2.75) is 57.5 Å². The van der Waals surface area contributed by atoms with E-state index in [-0.39, 0.29) is 22.7 Å². The van der Waals surface area contributed by atoms with Crippen molar-refractivity contribution in [3.05, 3.63) is 112 Å². The highest BCUT2D eigenvalue weighted by molar-refractivity contribution is 6.30. The third-order valence-electron chi connectivity index (χ3n) is 7.97. The van der Waals surface area contributed by atoms with Gasteiger partial charge in [0.1, 0.15) is 11.6 Å². The molecule has 3 aromatic carbocycles. The molecular weight excluding hydrogens is 538 g/mol. The first-order valence-electron chi connectivity index (χ1n) is 14.4. The largest absolute Gasteiger partial charge is 0.314 e. The molecule has 0 atom stereocenters. The fraction of sp³-hybridized carbons (Fsp3) is 0.382. The van der Waals surface area contributed by atoms with E-state index in [0.717, 1.165) is 85.0 Å². The van der Waals surface area contributed by atoms with Crippen molar-refractivity contribution >= 4 is 11.6 Å². The van der Waals surface area contributed by atoms with Crippen LogP contribution in [-0.4, -0.2) is 46.4 Å². The van der Waals surface area contributed by atoms with Crippen molar-refractivity contribution in [2.24, 2.45) is 0 Å². The van der Waals surface area contributed by atoms with Crippen LogP contribution in [0.1, 0.15) is 44.0 Å². The number of nitrogens with one attached hydrogen (secondary N) is 1. The summed E-state index contributed by atoms with van der Waals surface area (Å²) in [7, 11) is 0. The first-order chi connectivity index (χ1) is 19.6. The maximum atomic E-state index is 13.7. The van der Waals surface area contributed by atoms with Crippen molar-refractivity contribution in [2.75, 3.05) is 26.2 Å². The lowest BCUT2D eigenvalue weighted by Crippen LogP contribution is -2.63. The summed E-state index contributed by atoms with van der Waals surface area (Å²) in [6.45, 7) is 10.0. The standard InChI is InChI=1S/C34H39ClF2N4/c1-33(2,3)41-32(27-10-12-28(35)13-11-27)21-31(39-41)5-4-19-40-20-18-38-24-34(40,22-25-6-14-29(36)15-7-25)23-26-8-16-30(37)17-9-26/h6-17,21,38H,4-5,18-20,22-24H2,1-3H3. The van der Waals surface area contributed by atoms with Crippen LogP contribution in [0.4, 0.5) is 8.78 Å². The van der Waals surface area contributed by atoms with Crippen molar-refractivity contribution in [3.63, 3.8) is 0 Å². The summed E-state index contributed by atoms with van der Waals surface area (Å²) in [6, 6.07) is 23.8. The minimum atomic E-state index is -0.229. The van der Waals surface area contributed by atoms with Gasteiger partial charge in [0, 0.05) is 30.2 Å². The SMILES string of the molecule is CC(C)(C)n1nc(CCCN2CCNCC2(Cc2ccc(F)cc2)Cc2ccc(F)cc2)cc1-c1ccc(Cl)cc1. The highest BCUT2D eigenvalue weighted by atomic mass is 35.5. The molecule has 1 N–H and O–H groups in total. The normalized spacial score (nSPS) is 15.8. The molecule has 1 aliphatic heterocycles. The van der Waals surface area contributed by atoms with Crippen LogP contribution in [0.2, 0.25) is 5.02 Å². The first-order valence-corrected chi connectivity index (χ1v) is 14.8. The van der Waals surface area contributed by atoms with E-state index in [1.165, 1.54) is 24.3 Å². The minimum absolute atomic E-state index is 0.161. The summed E-state index contributed by atoms with van der Waals surface area (Å²) < 4.78 is 29.5. The number of hydrogen-bond donors (Lipinski definition) is 1. The minimum Gasteiger partial charge on any atom is -0.314 e. The molecule has 0 amide bonds. The van der Waals surface area contributed by atoms with Crippen LogP contribution in [0.25, 0.3) is 11.3 Å². The van der Waals surface area contributed by atoms with E-state index in [1.807, 2.05) is 48.5 Å². The van der Waals surface area contributed by atoms with E-state index < -0.39 is 0 Å². The van der Waals surface area contributed by atoms with E-state index in [1.54, 1.807) is 0 Å². The molecule has 1 aromatic heterocycles. The zero-order chi connectivity index (χ0) is 29.0. The summed E-state index contributed by atoms with van der Waals surface area (Å²) in [5, 5.41) is 9.36. The van der Waals surface area contributed by atoms with Gasteiger partial charge < -0.3 is 5.32 Å². The van der Waals surface area contributed by atoms with Crippen LogP contribution in [-0.2, 0) is 24.8 Å². The fourth-order valence-electron chi connectivity index (χ4n) is 5.95. The summed E-state index contributed by atoms with van der Waals surface area (Å²) in [5.41, 5.74) is 5.08. The number of nitrogens with zero attached hydrogens (tertiary/aromatic N) is 3. The topological polar surface area (TPSA) is 33.1 Å². The predicted molar refractivity (Wildman–Crippen MR) is 163 cm³/mol. The molecule has 5 rings (SSSR count). The molecule has 0 spiro atoms. The molecule has 41 heavy (non-hydrogen) atoms. The van der Waals surface area contributed by atoms with Gasteiger partial charge in [0.25, 0.3) is 0 Å². The van der Waals surface area contributed by atoms with Crippen molar-refractivity contribution < 1.29 is 8.78 Å². The molecular formula is C34H39ClF2N4. The molecule has 0 aliphatic carbocycles. The lowest BCUT2D eigenvalue weighted by Gasteiger charge is -2.48. The molecule has 1 fully saturated rings. The molecule has 1 saturated heterocycles. The highest BCUT2D eigenvalue weighted by Crippen LogP contribution is 2.30. The van der Waals surface area contributed by atoms with Crippen LogP contribution >= 0.6 is 11.6 Å². The summed E-state index contributed by atoms with van der Waals surface area (Å²) in [4.78, 5) is 2.58. The number of hydrogen-bond acceptors (Lipinski definition) is 3. The summed E-state index contributed by atoms with van der Waals surface area (Å²) >= 11 is 6.15. The first kappa shape index (κ1) is 29.4. The Kier molecular flexibility index (Phi) is 8.93. The smallest absolute Gasteiger partial charge is 0.123 e. The molecule has 4 aromatic rings. The van der Waals surface area contributed by atoms with Crippen molar-refractivity contribution in [1.82, 2.24) is 20.0 Å². The predicted octanol–water partition coefficient (Wildman–Crippen LogP) is 7.30. The number of piperazine rings is 1. The molecule has 7 heteroatoms. The number of aromatic nitrogens is 2. The Bertz CT molecular complexity index is 1380. The maximum absolute atomic E-state index is 13.7. The Morgan fingerprint density at radius 1 is 0.878 bits per heavy atom. The van der Waals surface area contributed by atoms with Gasteiger partial charge in [-0.2, -0.15) is 5.10 Å². The van der Waals surface area contributed by atoms with Crippen molar-refractivity contribution in [1.29, 1.82) is 0 Å². The molecule has 1 aliphatic rings. The zero-order valence-corrected chi connectivity index (χ0v) is 24.9. The third-order valence-corrected chi connectivity index (χ3v) is 8.22. The Morgan fingerprint density at radius 3 is 2.02 bits per heavy atom. The van der Waals surface area contributed by atoms with Gasteiger partial charge in [0.2, 0.25) is 0 Å². The van der Waals surface area contributed by atoms with Crippen LogP contribution in [0.3, 0.4) is 0 Å². The van der Waals surface area contributed by atoms with E-state index >= 15 is 0 Å².